The summed E-state index contributed by atoms with van der Waals surface area (Å²) in [5, 5.41) is 4.08. The van der Waals surface area contributed by atoms with Gasteiger partial charge in [-0.05, 0) is 0 Å². The van der Waals surface area contributed by atoms with Gasteiger partial charge in [0.1, 0.15) is 11.0 Å². The first-order chi connectivity index (χ1) is 7.45. The van der Waals surface area contributed by atoms with E-state index in [2.05, 4.69) is 10.2 Å². The third-order valence-corrected chi connectivity index (χ3v) is 2.39. The van der Waals surface area contributed by atoms with Crippen molar-refractivity contribution in [3.63, 3.8) is 0 Å². The predicted octanol–water partition coefficient (Wildman–Crippen LogP) is -2.39. The van der Waals surface area contributed by atoms with Gasteiger partial charge in [0.2, 0.25) is 0 Å². The minimum Gasteiger partial charge on any atom is -0.283 e. The lowest BCUT2D eigenvalue weighted by molar-refractivity contribution is 0.700. The fourth-order valence-electron chi connectivity index (χ4n) is 1.48. The molecule has 0 amide bonds. The first kappa shape index (κ1) is 10.1. The standard InChI is InChI=1S/C8H8N4O4/c1-11-5-3(4(13)6(14)10-9-5)7(15)12(2)8(11)16/h1-2H3,(H,9,13)(H,10,14). The van der Waals surface area contributed by atoms with E-state index in [0.717, 1.165) is 9.13 Å². The monoisotopic (exact) mass is 224 g/mol. The van der Waals surface area contributed by atoms with E-state index >= 15 is 0 Å². The van der Waals surface area contributed by atoms with Gasteiger partial charge in [0.15, 0.2) is 0 Å². The molecule has 0 radical (unpaired) electrons. The van der Waals surface area contributed by atoms with Crippen LogP contribution in [-0.4, -0.2) is 19.3 Å². The summed E-state index contributed by atoms with van der Waals surface area (Å²) >= 11 is 0. The summed E-state index contributed by atoms with van der Waals surface area (Å²) in [5.41, 5.74) is -3.25. The van der Waals surface area contributed by atoms with Gasteiger partial charge in [0.25, 0.3) is 11.0 Å². The number of nitrogens with one attached hydrogen (secondary N) is 2. The molecule has 84 valence electrons. The van der Waals surface area contributed by atoms with E-state index in [9.17, 15) is 19.2 Å². The van der Waals surface area contributed by atoms with Gasteiger partial charge in [-0.1, -0.05) is 0 Å². The number of H-pyrrole nitrogens is 2. The van der Waals surface area contributed by atoms with Crippen molar-refractivity contribution in [2.75, 3.05) is 0 Å². The van der Waals surface area contributed by atoms with Crippen molar-refractivity contribution >= 4 is 11.0 Å². The lowest BCUT2D eigenvalue weighted by Gasteiger charge is -2.05. The van der Waals surface area contributed by atoms with Crippen LogP contribution in [0.4, 0.5) is 0 Å². The molecule has 8 nitrogen and oxygen atoms in total. The van der Waals surface area contributed by atoms with Crippen molar-refractivity contribution in [2.45, 2.75) is 0 Å². The molecule has 2 N–H and O–H groups in total. The highest BCUT2D eigenvalue weighted by molar-refractivity contribution is 5.72. The minimum absolute atomic E-state index is 0.00213. The van der Waals surface area contributed by atoms with E-state index in [0.29, 0.717) is 0 Å². The van der Waals surface area contributed by atoms with E-state index < -0.39 is 22.2 Å². The quantitative estimate of drug-likeness (QED) is 0.486. The molecule has 2 aromatic rings. The maximum absolute atomic E-state index is 11.7. The molecule has 0 fully saturated rings. The van der Waals surface area contributed by atoms with E-state index in [1.54, 1.807) is 0 Å². The maximum atomic E-state index is 11.7. The lowest BCUT2D eigenvalue weighted by Crippen LogP contribution is -2.42. The molecule has 0 atom stereocenters. The maximum Gasteiger partial charge on any atom is 0.332 e. The van der Waals surface area contributed by atoms with Gasteiger partial charge in [0, 0.05) is 14.1 Å². The van der Waals surface area contributed by atoms with Gasteiger partial charge in [-0.15, -0.1) is 0 Å². The van der Waals surface area contributed by atoms with E-state index in [1.165, 1.54) is 14.1 Å². The number of hydrogen-bond donors (Lipinski definition) is 2. The van der Waals surface area contributed by atoms with Crippen LogP contribution in [0.1, 0.15) is 0 Å². The molecular weight excluding hydrogens is 216 g/mol. The summed E-state index contributed by atoms with van der Waals surface area (Å²) in [4.78, 5) is 45.7. The van der Waals surface area contributed by atoms with Gasteiger partial charge < -0.3 is 0 Å². The van der Waals surface area contributed by atoms with Gasteiger partial charge >= 0.3 is 11.2 Å². The molecule has 8 heteroatoms. The second-order valence-electron chi connectivity index (χ2n) is 3.34. The third kappa shape index (κ3) is 1.09. The number of hydrogen-bond acceptors (Lipinski definition) is 4. The van der Waals surface area contributed by atoms with E-state index in [-0.39, 0.29) is 11.0 Å². The van der Waals surface area contributed by atoms with Crippen molar-refractivity contribution in [3.8, 4) is 0 Å². The third-order valence-electron chi connectivity index (χ3n) is 2.39. The first-order valence-electron chi connectivity index (χ1n) is 4.36. The van der Waals surface area contributed by atoms with Crippen LogP contribution in [0.5, 0.6) is 0 Å². The Hall–Kier alpha value is -2.38. The normalized spacial score (nSPS) is 10.9. The molecule has 0 aromatic carbocycles. The smallest absolute Gasteiger partial charge is 0.283 e. The Kier molecular flexibility index (Phi) is 1.94. The predicted molar refractivity (Wildman–Crippen MR) is 55.7 cm³/mol. The molecule has 0 aliphatic heterocycles. The van der Waals surface area contributed by atoms with Crippen molar-refractivity contribution in [1.82, 2.24) is 19.3 Å². The molecule has 2 aromatic heterocycles. The summed E-state index contributed by atoms with van der Waals surface area (Å²) in [6.45, 7) is 0. The minimum atomic E-state index is -0.954. The highest BCUT2D eigenvalue weighted by atomic mass is 16.2. The molecule has 0 aliphatic carbocycles. The molecule has 0 bridgehead atoms. The van der Waals surface area contributed by atoms with Gasteiger partial charge in [0.05, 0.1) is 0 Å². The van der Waals surface area contributed by atoms with Crippen LogP contribution in [0.25, 0.3) is 11.0 Å². The van der Waals surface area contributed by atoms with Crippen LogP contribution in [0.2, 0.25) is 0 Å². The summed E-state index contributed by atoms with van der Waals surface area (Å²) in [6, 6.07) is 0. The number of aromatic nitrogens is 4. The zero-order valence-electron chi connectivity index (χ0n) is 8.53. The Morgan fingerprint density at radius 3 is 2.19 bits per heavy atom. The summed E-state index contributed by atoms with van der Waals surface area (Å²) in [5.74, 6) is 0. The molecule has 2 heterocycles. The molecule has 2 rings (SSSR count). The Balaban J connectivity index is 3.37. The summed E-state index contributed by atoms with van der Waals surface area (Å²) in [7, 11) is 2.63. The summed E-state index contributed by atoms with van der Waals surface area (Å²) < 4.78 is 1.85. The average Bonchev–Trinajstić information content (AvgIpc) is 2.27. The largest absolute Gasteiger partial charge is 0.332 e. The van der Waals surface area contributed by atoms with Crippen LogP contribution in [0.3, 0.4) is 0 Å². The van der Waals surface area contributed by atoms with E-state index in [1.807, 2.05) is 0 Å². The molecule has 0 spiro atoms. The van der Waals surface area contributed by atoms with Crippen LogP contribution < -0.4 is 22.2 Å². The van der Waals surface area contributed by atoms with Gasteiger partial charge in [-0.3, -0.25) is 33.7 Å². The zero-order chi connectivity index (χ0) is 12.0. The zero-order valence-corrected chi connectivity index (χ0v) is 8.53. The number of fused-ring (bicyclic) bond motifs is 1. The van der Waals surface area contributed by atoms with Gasteiger partial charge in [-0.2, -0.15) is 0 Å². The van der Waals surface area contributed by atoms with Crippen molar-refractivity contribution in [2.24, 2.45) is 14.1 Å². The highest BCUT2D eigenvalue weighted by Crippen LogP contribution is 1.92. The lowest BCUT2D eigenvalue weighted by atomic mass is 10.3. The molecule has 0 unspecified atom stereocenters. The number of aryl methyl sites for hydroxylation is 1. The average molecular weight is 224 g/mol. The summed E-state index contributed by atoms with van der Waals surface area (Å²) in [6.07, 6.45) is 0. The van der Waals surface area contributed by atoms with Crippen molar-refractivity contribution < 1.29 is 0 Å². The van der Waals surface area contributed by atoms with Crippen molar-refractivity contribution in [3.05, 3.63) is 41.4 Å². The van der Waals surface area contributed by atoms with Crippen LogP contribution in [0, 0.1) is 0 Å². The Morgan fingerprint density at radius 2 is 1.56 bits per heavy atom. The Labute approximate surface area is 86.8 Å². The first-order valence-corrected chi connectivity index (χ1v) is 4.36. The molecule has 0 saturated heterocycles. The van der Waals surface area contributed by atoms with E-state index in [4.69, 9.17) is 0 Å². The molecule has 0 saturated carbocycles. The second kappa shape index (κ2) is 3.05. The molecular formula is C8H8N4O4. The second-order valence-corrected chi connectivity index (χ2v) is 3.34. The van der Waals surface area contributed by atoms with Crippen molar-refractivity contribution in [1.29, 1.82) is 0 Å². The fraction of sp³-hybridized carbons (Fsp3) is 0.250. The highest BCUT2D eigenvalue weighted by Gasteiger charge is 2.13. The van der Waals surface area contributed by atoms with Crippen LogP contribution in [0.15, 0.2) is 19.2 Å². The topological polar surface area (TPSA) is 110 Å². The SMILES string of the molecule is Cn1c(=O)c2c(=O)c(=O)[nH][nH]c2n(C)c1=O. The fourth-order valence-corrected chi connectivity index (χ4v) is 1.48. The Morgan fingerprint density at radius 1 is 0.938 bits per heavy atom. The number of rotatable bonds is 0. The number of nitrogens with zero attached hydrogens (tertiary/aromatic N) is 2. The molecule has 0 aliphatic rings. The van der Waals surface area contributed by atoms with Gasteiger partial charge in [-0.25, -0.2) is 4.79 Å². The van der Waals surface area contributed by atoms with Crippen LogP contribution in [-0.2, 0) is 14.1 Å². The molecule has 16 heavy (non-hydrogen) atoms. The Bertz CT molecular complexity index is 804. The number of aromatic amines is 2. The van der Waals surface area contributed by atoms with Crippen LogP contribution >= 0.6 is 0 Å².